The number of carbonyl (C=O) groups is 3. The molecule has 0 aliphatic rings. The zero-order valence-corrected chi connectivity index (χ0v) is 29.0. The van der Waals surface area contributed by atoms with Gasteiger partial charge in [-0.1, -0.05) is 97.1 Å². The number of benzene rings is 4. The predicted octanol–water partition coefficient (Wildman–Crippen LogP) is 9.00. The molecule has 0 aliphatic carbocycles. The minimum atomic E-state index is -5.10. The molecule has 54 heavy (non-hydrogen) atoms. The summed E-state index contributed by atoms with van der Waals surface area (Å²) in [4.78, 5) is 39.0. The summed E-state index contributed by atoms with van der Waals surface area (Å²) in [5.74, 6) is -1.00. The molecule has 286 valence electrons. The first-order chi connectivity index (χ1) is 25.6. The highest BCUT2D eigenvalue weighted by molar-refractivity contribution is 5.92. The van der Waals surface area contributed by atoms with Gasteiger partial charge in [-0.25, -0.2) is 14.4 Å². The van der Waals surface area contributed by atoms with Crippen LogP contribution in [0.15, 0.2) is 121 Å². The molecule has 0 aliphatic heterocycles. The number of alkyl carbamates (subject to hydrolysis) is 2. The molecule has 0 spiro atoms. The first kappa shape index (κ1) is 40.9. The Labute approximate surface area is 306 Å². The van der Waals surface area contributed by atoms with Crippen LogP contribution in [0.2, 0.25) is 0 Å². The van der Waals surface area contributed by atoms with E-state index in [-0.39, 0.29) is 25.7 Å². The number of rotatable bonds is 14. The van der Waals surface area contributed by atoms with Crippen LogP contribution in [0.5, 0.6) is 0 Å². The number of alkyl halides is 6. The van der Waals surface area contributed by atoms with Crippen molar-refractivity contribution < 1.29 is 59.7 Å². The third-order valence-corrected chi connectivity index (χ3v) is 8.05. The van der Waals surface area contributed by atoms with Gasteiger partial charge in [-0.05, 0) is 53.8 Å². The van der Waals surface area contributed by atoms with E-state index >= 15 is 0 Å². The van der Waals surface area contributed by atoms with Crippen molar-refractivity contribution in [3.63, 3.8) is 0 Å². The minimum absolute atomic E-state index is 0.00573. The van der Waals surface area contributed by atoms with E-state index in [0.29, 0.717) is 28.8 Å². The van der Waals surface area contributed by atoms with E-state index in [0.717, 1.165) is 7.11 Å². The van der Waals surface area contributed by atoms with Gasteiger partial charge in [-0.2, -0.15) is 26.3 Å². The molecule has 2 N–H and O–H groups in total. The molecule has 2 amide bonds. The second-order valence-electron chi connectivity index (χ2n) is 11.9. The van der Waals surface area contributed by atoms with Crippen LogP contribution in [-0.4, -0.2) is 31.9 Å². The lowest BCUT2D eigenvalue weighted by Gasteiger charge is -2.35. The van der Waals surface area contributed by atoms with Crippen molar-refractivity contribution in [2.75, 3.05) is 13.7 Å². The summed E-state index contributed by atoms with van der Waals surface area (Å²) in [5, 5.41) is 5.04. The van der Waals surface area contributed by atoms with Crippen LogP contribution in [-0.2, 0) is 54.8 Å². The molecule has 2 atom stereocenters. The second-order valence-corrected chi connectivity index (χ2v) is 11.9. The van der Waals surface area contributed by atoms with Gasteiger partial charge in [-0.15, -0.1) is 0 Å². The molecule has 0 saturated carbocycles. The average molecular weight is 759 g/mol. The van der Waals surface area contributed by atoms with Crippen molar-refractivity contribution in [1.82, 2.24) is 10.6 Å². The number of hydrogen-bond donors (Lipinski definition) is 2. The quantitative estimate of drug-likeness (QED) is 0.0572. The summed E-state index contributed by atoms with van der Waals surface area (Å²) in [5.41, 5.74) is -4.00. The molecule has 4 aromatic rings. The molecule has 0 saturated heterocycles. The van der Waals surface area contributed by atoms with Crippen molar-refractivity contribution >= 4 is 18.2 Å². The Balaban J connectivity index is 1.71. The topological polar surface area (TPSA) is 112 Å². The van der Waals surface area contributed by atoms with Crippen LogP contribution in [0, 0.1) is 0 Å². The van der Waals surface area contributed by atoms with Crippen LogP contribution in [0.3, 0.4) is 0 Å². The van der Waals surface area contributed by atoms with E-state index in [9.17, 15) is 40.7 Å². The maximum atomic E-state index is 13.7. The largest absolute Gasteiger partial charge is 0.464 e. The highest BCUT2D eigenvalue weighted by atomic mass is 19.4. The molecule has 4 rings (SSSR count). The van der Waals surface area contributed by atoms with E-state index in [1.165, 1.54) is 13.0 Å². The maximum absolute atomic E-state index is 13.7. The summed E-state index contributed by atoms with van der Waals surface area (Å²) in [7, 11) is 1.06. The SMILES string of the molecule is COC(=O)/C(=C\C[C@](CO[C@H](C)c1cc(C(F)(F)F)cc(C(F)(F)F)c1)(NC(=O)OCc1ccccc1)c1ccccc1)NC(=O)OCc1ccccc1. The third-order valence-electron chi connectivity index (χ3n) is 8.05. The van der Waals surface area contributed by atoms with Crippen LogP contribution in [0.25, 0.3) is 0 Å². The number of nitrogens with one attached hydrogen (secondary N) is 2. The van der Waals surface area contributed by atoms with E-state index in [1.54, 1.807) is 91.0 Å². The average Bonchev–Trinajstić information content (AvgIpc) is 3.16. The van der Waals surface area contributed by atoms with E-state index < -0.39 is 71.1 Å². The molecule has 9 nitrogen and oxygen atoms in total. The van der Waals surface area contributed by atoms with E-state index in [1.807, 2.05) is 0 Å². The Morgan fingerprint density at radius 3 is 1.65 bits per heavy atom. The fraction of sp³-hybridized carbons (Fsp3) is 0.256. The van der Waals surface area contributed by atoms with E-state index in [2.05, 4.69) is 10.6 Å². The highest BCUT2D eigenvalue weighted by Crippen LogP contribution is 2.38. The van der Waals surface area contributed by atoms with Gasteiger partial charge in [-0.3, -0.25) is 5.32 Å². The number of ether oxygens (including phenoxy) is 4. The second kappa shape index (κ2) is 18.3. The molecule has 0 unspecified atom stereocenters. The van der Waals surface area contributed by atoms with Crippen LogP contribution in [0.4, 0.5) is 35.9 Å². The van der Waals surface area contributed by atoms with Crippen molar-refractivity contribution in [2.45, 2.75) is 50.6 Å². The number of amides is 2. The molecule has 4 aromatic carbocycles. The Morgan fingerprint density at radius 1 is 0.685 bits per heavy atom. The highest BCUT2D eigenvalue weighted by Gasteiger charge is 2.39. The summed E-state index contributed by atoms with van der Waals surface area (Å²) < 4.78 is 104. The summed E-state index contributed by atoms with van der Waals surface area (Å²) in [6.07, 6.45) is -12.7. The van der Waals surface area contributed by atoms with Gasteiger partial charge in [0.2, 0.25) is 0 Å². The molecule has 0 bridgehead atoms. The van der Waals surface area contributed by atoms with Gasteiger partial charge >= 0.3 is 30.5 Å². The lowest BCUT2D eigenvalue weighted by Crippen LogP contribution is -2.49. The summed E-state index contributed by atoms with van der Waals surface area (Å²) in [6, 6.07) is 26.4. The number of methoxy groups -OCH3 is 1. The lowest BCUT2D eigenvalue weighted by atomic mass is 9.86. The fourth-order valence-electron chi connectivity index (χ4n) is 5.15. The van der Waals surface area contributed by atoms with Gasteiger partial charge in [0.25, 0.3) is 0 Å². The molecule has 15 heteroatoms. The van der Waals surface area contributed by atoms with Crippen molar-refractivity contribution in [3.05, 3.63) is 154 Å². The molecule has 0 heterocycles. The number of hydrogen-bond acceptors (Lipinski definition) is 7. The minimum Gasteiger partial charge on any atom is -0.464 e. The van der Waals surface area contributed by atoms with Crippen molar-refractivity contribution in [2.24, 2.45) is 0 Å². The standard InChI is InChI=1S/C39H36F6N2O7/c1-26(29-20-31(38(40,41)42)22-32(21-29)39(43,44)45)54-25-37(30-16-10-5-11-17-30,47-36(50)53-24-28-14-8-4-9-15-28)19-18-33(34(48)51-2)46-35(49)52-23-27-12-6-3-7-13-27/h3-18,20-22,26H,19,23-25H2,1-2H3,(H,46,49)(H,47,50)/b33-18+/t26-,37-/m1/s1. The van der Waals surface area contributed by atoms with Gasteiger partial charge in [0, 0.05) is 0 Å². The third kappa shape index (κ3) is 11.8. The van der Waals surface area contributed by atoms with E-state index in [4.69, 9.17) is 18.9 Å². The first-order valence-corrected chi connectivity index (χ1v) is 16.3. The number of carbonyl (C=O) groups excluding carboxylic acids is 3. The Bertz CT molecular complexity index is 1860. The van der Waals surface area contributed by atoms with Crippen LogP contribution in [0.1, 0.15) is 52.8 Å². The molecule has 0 aromatic heterocycles. The van der Waals surface area contributed by atoms with Gasteiger partial charge in [0.15, 0.2) is 0 Å². The van der Waals surface area contributed by atoms with Gasteiger partial charge in [0.1, 0.15) is 18.9 Å². The molecule has 0 radical (unpaired) electrons. The Hall–Kier alpha value is -5.83. The van der Waals surface area contributed by atoms with Gasteiger partial charge < -0.3 is 24.3 Å². The first-order valence-electron chi connectivity index (χ1n) is 16.3. The van der Waals surface area contributed by atoms with Crippen LogP contribution < -0.4 is 10.6 Å². The van der Waals surface area contributed by atoms with Gasteiger partial charge in [0.05, 0.1) is 36.5 Å². The Kier molecular flexibility index (Phi) is 13.9. The smallest absolute Gasteiger partial charge is 0.416 e. The van der Waals surface area contributed by atoms with Crippen molar-refractivity contribution in [1.29, 1.82) is 0 Å². The zero-order chi connectivity index (χ0) is 39.4. The molecule has 0 fully saturated rings. The lowest BCUT2D eigenvalue weighted by molar-refractivity contribution is -0.143. The molecular weight excluding hydrogens is 722 g/mol. The number of esters is 1. The maximum Gasteiger partial charge on any atom is 0.416 e. The zero-order valence-electron chi connectivity index (χ0n) is 29.0. The monoisotopic (exact) mass is 758 g/mol. The Morgan fingerprint density at radius 2 is 1.17 bits per heavy atom. The summed E-state index contributed by atoms with van der Waals surface area (Å²) in [6.45, 7) is 0.358. The fourth-order valence-corrected chi connectivity index (χ4v) is 5.15. The normalized spacial score (nSPS) is 13.6. The number of halogens is 6. The van der Waals surface area contributed by atoms with Crippen molar-refractivity contribution in [3.8, 4) is 0 Å². The summed E-state index contributed by atoms with van der Waals surface area (Å²) >= 11 is 0. The predicted molar refractivity (Wildman–Crippen MR) is 183 cm³/mol. The van der Waals surface area contributed by atoms with Crippen LogP contribution >= 0.6 is 0 Å². The molecular formula is C39H36F6N2O7.